The summed E-state index contributed by atoms with van der Waals surface area (Å²) in [4.78, 5) is 11.8. The van der Waals surface area contributed by atoms with E-state index in [9.17, 15) is 4.79 Å². The quantitative estimate of drug-likeness (QED) is 0.427. The van der Waals surface area contributed by atoms with Crippen molar-refractivity contribution in [3.05, 3.63) is 48.0 Å². The molecule has 0 spiro atoms. The van der Waals surface area contributed by atoms with Crippen LogP contribution in [0.2, 0.25) is 0 Å². The van der Waals surface area contributed by atoms with Gasteiger partial charge in [-0.15, -0.1) is 6.58 Å². The lowest BCUT2D eigenvalue weighted by molar-refractivity contribution is 0.0498. The van der Waals surface area contributed by atoms with Crippen molar-refractivity contribution in [2.45, 2.75) is 38.2 Å². The van der Waals surface area contributed by atoms with Gasteiger partial charge in [0.2, 0.25) is 0 Å². The maximum absolute atomic E-state index is 11.8. The molecule has 3 heteroatoms. The molecule has 2 rings (SSSR count). The predicted octanol–water partition coefficient (Wildman–Crippen LogP) is 4.05. The van der Waals surface area contributed by atoms with E-state index in [0.717, 1.165) is 44.3 Å². The van der Waals surface area contributed by atoms with Crippen molar-refractivity contribution in [1.29, 1.82) is 0 Å². The number of ether oxygens (including phenoxy) is 2. The number of carbonyl (C=O) groups excluding carboxylic acids is 1. The third-order valence-corrected chi connectivity index (χ3v) is 3.48. The third kappa shape index (κ3) is 4.20. The number of hydrogen-bond donors (Lipinski definition) is 0. The Hall–Kier alpha value is -1.61. The van der Waals surface area contributed by atoms with E-state index in [0.29, 0.717) is 12.2 Å². The van der Waals surface area contributed by atoms with Crippen LogP contribution in [0.1, 0.15) is 54.1 Å². The van der Waals surface area contributed by atoms with Crippen LogP contribution in [0.15, 0.2) is 36.9 Å². The average molecular weight is 274 g/mol. The van der Waals surface area contributed by atoms with Crippen LogP contribution in [-0.4, -0.2) is 19.2 Å². The normalized spacial score (nSPS) is 17.9. The van der Waals surface area contributed by atoms with Crippen molar-refractivity contribution in [2.75, 3.05) is 13.2 Å². The molecule has 20 heavy (non-hydrogen) atoms. The molecule has 1 fully saturated rings. The lowest BCUT2D eigenvalue weighted by atomic mass is 10.0. The van der Waals surface area contributed by atoms with Gasteiger partial charge in [-0.25, -0.2) is 4.79 Å². The highest BCUT2D eigenvalue weighted by atomic mass is 16.5. The molecular weight excluding hydrogens is 252 g/mol. The molecule has 0 unspecified atom stereocenters. The van der Waals surface area contributed by atoms with Gasteiger partial charge >= 0.3 is 5.97 Å². The Balaban J connectivity index is 1.79. The summed E-state index contributed by atoms with van der Waals surface area (Å²) in [7, 11) is 0. The van der Waals surface area contributed by atoms with Crippen LogP contribution in [0.4, 0.5) is 0 Å². The van der Waals surface area contributed by atoms with Gasteiger partial charge in [-0.3, -0.25) is 0 Å². The van der Waals surface area contributed by atoms with Crippen molar-refractivity contribution in [3.63, 3.8) is 0 Å². The molecule has 0 amide bonds. The van der Waals surface area contributed by atoms with Gasteiger partial charge in [-0.1, -0.05) is 18.2 Å². The molecule has 0 bridgehead atoms. The fraction of sp³-hybridized carbons (Fsp3) is 0.471. The first-order valence-electron chi connectivity index (χ1n) is 7.31. The lowest BCUT2D eigenvalue weighted by Gasteiger charge is -2.10. The first-order valence-corrected chi connectivity index (χ1v) is 7.31. The highest BCUT2D eigenvalue weighted by Crippen LogP contribution is 2.28. The highest BCUT2D eigenvalue weighted by molar-refractivity contribution is 5.89. The summed E-state index contributed by atoms with van der Waals surface area (Å²) in [5.74, 6) is -0.248. The van der Waals surface area contributed by atoms with Crippen molar-refractivity contribution >= 4 is 5.97 Å². The molecule has 0 radical (unpaired) electrons. The Labute approximate surface area is 120 Å². The Morgan fingerprint density at radius 1 is 1.35 bits per heavy atom. The summed E-state index contributed by atoms with van der Waals surface area (Å²) in [6, 6.07) is 7.57. The van der Waals surface area contributed by atoms with E-state index in [1.54, 1.807) is 0 Å². The Bertz CT molecular complexity index is 430. The van der Waals surface area contributed by atoms with E-state index in [1.807, 2.05) is 30.3 Å². The minimum atomic E-state index is -0.248. The second-order valence-corrected chi connectivity index (χ2v) is 5.04. The highest BCUT2D eigenvalue weighted by Gasteiger charge is 2.17. The van der Waals surface area contributed by atoms with Crippen molar-refractivity contribution in [1.82, 2.24) is 0 Å². The SMILES string of the molecule is C=CCCCCOC(=O)c1ccc([C@H]2CCCO2)cc1. The summed E-state index contributed by atoms with van der Waals surface area (Å²) in [5, 5.41) is 0. The maximum atomic E-state index is 11.8. The molecule has 1 aromatic rings. The van der Waals surface area contributed by atoms with Crippen LogP contribution < -0.4 is 0 Å². The van der Waals surface area contributed by atoms with Crippen LogP contribution in [0, 0.1) is 0 Å². The molecule has 1 aliphatic rings. The van der Waals surface area contributed by atoms with Crippen molar-refractivity contribution in [3.8, 4) is 0 Å². The summed E-state index contributed by atoms with van der Waals surface area (Å²) >= 11 is 0. The summed E-state index contributed by atoms with van der Waals surface area (Å²) in [6.07, 6.45) is 7.10. The van der Waals surface area contributed by atoms with E-state index in [-0.39, 0.29) is 12.1 Å². The molecule has 3 nitrogen and oxygen atoms in total. The zero-order chi connectivity index (χ0) is 14.2. The second-order valence-electron chi connectivity index (χ2n) is 5.04. The van der Waals surface area contributed by atoms with Gasteiger partial charge < -0.3 is 9.47 Å². The molecule has 108 valence electrons. The molecule has 1 aliphatic heterocycles. The molecule has 1 aromatic carbocycles. The molecule has 0 N–H and O–H groups in total. The average Bonchev–Trinajstić information content (AvgIpc) is 3.01. The number of hydrogen-bond acceptors (Lipinski definition) is 3. The molecular formula is C17H22O3. The topological polar surface area (TPSA) is 35.5 Å². The minimum absolute atomic E-state index is 0.193. The fourth-order valence-corrected chi connectivity index (χ4v) is 2.31. The zero-order valence-corrected chi connectivity index (χ0v) is 11.8. The number of carbonyl (C=O) groups is 1. The Morgan fingerprint density at radius 2 is 2.15 bits per heavy atom. The minimum Gasteiger partial charge on any atom is -0.462 e. The number of unbranched alkanes of at least 4 members (excludes halogenated alkanes) is 2. The lowest BCUT2D eigenvalue weighted by Crippen LogP contribution is -2.07. The second kappa shape index (κ2) is 7.85. The zero-order valence-electron chi connectivity index (χ0n) is 11.8. The van der Waals surface area contributed by atoms with Crippen molar-refractivity contribution < 1.29 is 14.3 Å². The molecule has 1 atom stereocenters. The number of esters is 1. The Kier molecular flexibility index (Phi) is 5.81. The third-order valence-electron chi connectivity index (χ3n) is 3.48. The summed E-state index contributed by atoms with van der Waals surface area (Å²) in [6.45, 7) is 4.97. The van der Waals surface area contributed by atoms with Gasteiger partial charge in [0.15, 0.2) is 0 Å². The van der Waals surface area contributed by atoms with Crippen LogP contribution in [0.25, 0.3) is 0 Å². The van der Waals surface area contributed by atoms with Crippen LogP contribution in [-0.2, 0) is 9.47 Å². The van der Waals surface area contributed by atoms with Crippen molar-refractivity contribution in [2.24, 2.45) is 0 Å². The van der Waals surface area contributed by atoms with Gasteiger partial charge in [-0.2, -0.15) is 0 Å². The Morgan fingerprint density at radius 3 is 2.80 bits per heavy atom. The van der Waals surface area contributed by atoms with E-state index < -0.39 is 0 Å². The summed E-state index contributed by atoms with van der Waals surface area (Å²) < 4.78 is 10.9. The molecule has 1 heterocycles. The molecule has 0 aliphatic carbocycles. The maximum Gasteiger partial charge on any atom is 0.338 e. The molecule has 1 saturated heterocycles. The van der Waals surface area contributed by atoms with Gasteiger partial charge in [-0.05, 0) is 49.8 Å². The molecule has 0 saturated carbocycles. The van der Waals surface area contributed by atoms with Gasteiger partial charge in [0.1, 0.15) is 0 Å². The van der Waals surface area contributed by atoms with E-state index in [4.69, 9.17) is 9.47 Å². The fourth-order valence-electron chi connectivity index (χ4n) is 2.31. The van der Waals surface area contributed by atoms with Gasteiger partial charge in [0, 0.05) is 6.61 Å². The number of benzene rings is 1. The van der Waals surface area contributed by atoms with Gasteiger partial charge in [0.25, 0.3) is 0 Å². The summed E-state index contributed by atoms with van der Waals surface area (Å²) in [5.41, 5.74) is 1.75. The predicted molar refractivity (Wildman–Crippen MR) is 78.7 cm³/mol. The van der Waals surface area contributed by atoms with Crippen LogP contribution >= 0.6 is 0 Å². The number of rotatable bonds is 7. The van der Waals surface area contributed by atoms with Crippen LogP contribution in [0.5, 0.6) is 0 Å². The van der Waals surface area contributed by atoms with E-state index in [2.05, 4.69) is 6.58 Å². The largest absolute Gasteiger partial charge is 0.462 e. The monoisotopic (exact) mass is 274 g/mol. The van der Waals surface area contributed by atoms with E-state index in [1.165, 1.54) is 0 Å². The van der Waals surface area contributed by atoms with E-state index >= 15 is 0 Å². The smallest absolute Gasteiger partial charge is 0.338 e. The first-order chi connectivity index (χ1) is 9.81. The number of allylic oxidation sites excluding steroid dienone is 1. The molecule has 0 aromatic heterocycles. The first kappa shape index (κ1) is 14.8. The standard InChI is InChI=1S/C17H22O3/c1-2-3-4-5-12-20-17(18)15-10-8-14(9-11-15)16-7-6-13-19-16/h2,8-11,16H,1,3-7,12-13H2/t16-/m1/s1. The van der Waals surface area contributed by atoms with Crippen LogP contribution in [0.3, 0.4) is 0 Å². The van der Waals surface area contributed by atoms with Gasteiger partial charge in [0.05, 0.1) is 18.3 Å².